The van der Waals surface area contributed by atoms with E-state index in [-0.39, 0.29) is 17.7 Å². The number of carbonyl (C=O) groups is 1. The molecule has 0 aromatic carbocycles. The fourth-order valence-electron chi connectivity index (χ4n) is 3.33. The number of ether oxygens (including phenoxy) is 2. The summed E-state index contributed by atoms with van der Waals surface area (Å²) in [4.78, 5) is 23.5. The standard InChI is InChI=1S/C17H26N4O3/c1-18-16-10-19-9-15(20-16)8-13-11-21(4-7-24-12-13)17(22)14-2-5-23-6-3-14/h9-10,13-14H,2-8,11-12H2,1H3,(H,18,20)/t13-/m1/s1. The Morgan fingerprint density at radius 1 is 1.29 bits per heavy atom. The summed E-state index contributed by atoms with van der Waals surface area (Å²) in [5.74, 6) is 1.36. The number of hydrogen-bond donors (Lipinski definition) is 1. The van der Waals surface area contributed by atoms with Gasteiger partial charge in [0.1, 0.15) is 5.82 Å². The molecule has 7 heteroatoms. The first-order valence-electron chi connectivity index (χ1n) is 8.69. The van der Waals surface area contributed by atoms with Gasteiger partial charge in [-0.3, -0.25) is 9.78 Å². The molecule has 24 heavy (non-hydrogen) atoms. The molecular weight excluding hydrogens is 308 g/mol. The van der Waals surface area contributed by atoms with Gasteiger partial charge >= 0.3 is 0 Å². The molecule has 0 bridgehead atoms. The van der Waals surface area contributed by atoms with E-state index in [1.54, 1.807) is 12.4 Å². The van der Waals surface area contributed by atoms with Crippen molar-refractivity contribution in [2.45, 2.75) is 19.3 Å². The largest absolute Gasteiger partial charge is 0.381 e. The molecule has 7 nitrogen and oxygen atoms in total. The predicted octanol–water partition coefficient (Wildman–Crippen LogP) is 0.962. The molecular formula is C17H26N4O3. The molecule has 2 aliphatic heterocycles. The number of carbonyl (C=O) groups excluding carboxylic acids is 1. The van der Waals surface area contributed by atoms with Crippen LogP contribution in [-0.2, 0) is 20.7 Å². The minimum atomic E-state index is 0.102. The molecule has 1 atom stereocenters. The molecule has 0 spiro atoms. The van der Waals surface area contributed by atoms with Crippen molar-refractivity contribution in [3.8, 4) is 0 Å². The minimum absolute atomic E-state index is 0.102. The van der Waals surface area contributed by atoms with Gasteiger partial charge in [0, 0.05) is 51.4 Å². The zero-order valence-electron chi connectivity index (χ0n) is 14.2. The maximum atomic E-state index is 12.8. The lowest BCUT2D eigenvalue weighted by molar-refractivity contribution is -0.138. The van der Waals surface area contributed by atoms with E-state index in [0.717, 1.165) is 37.3 Å². The lowest BCUT2D eigenvalue weighted by atomic mass is 9.97. The summed E-state index contributed by atoms with van der Waals surface area (Å²) in [6.45, 7) is 4.04. The number of aromatic nitrogens is 2. The Labute approximate surface area is 142 Å². The van der Waals surface area contributed by atoms with Crippen LogP contribution in [-0.4, -0.2) is 67.3 Å². The summed E-state index contributed by atoms with van der Waals surface area (Å²) in [5, 5.41) is 3.01. The molecule has 1 amide bonds. The van der Waals surface area contributed by atoms with E-state index in [2.05, 4.69) is 15.3 Å². The Morgan fingerprint density at radius 3 is 2.92 bits per heavy atom. The van der Waals surface area contributed by atoms with Crippen LogP contribution >= 0.6 is 0 Å². The summed E-state index contributed by atoms with van der Waals surface area (Å²) < 4.78 is 11.1. The zero-order chi connectivity index (χ0) is 16.8. The lowest BCUT2D eigenvalue weighted by Crippen LogP contribution is -2.41. The third-order valence-corrected chi connectivity index (χ3v) is 4.66. The molecule has 3 heterocycles. The first-order valence-corrected chi connectivity index (χ1v) is 8.69. The quantitative estimate of drug-likeness (QED) is 0.884. The van der Waals surface area contributed by atoms with Crippen molar-refractivity contribution in [2.24, 2.45) is 11.8 Å². The van der Waals surface area contributed by atoms with Gasteiger partial charge in [-0.05, 0) is 19.3 Å². The highest BCUT2D eigenvalue weighted by Crippen LogP contribution is 2.20. The van der Waals surface area contributed by atoms with Crippen LogP contribution in [0.3, 0.4) is 0 Å². The average Bonchev–Trinajstić information content (AvgIpc) is 2.87. The average molecular weight is 334 g/mol. The SMILES string of the molecule is CNc1cncc(C[C@H]2COCCN(C(=O)C3CCOCC3)C2)n1. The number of amides is 1. The van der Waals surface area contributed by atoms with Crippen molar-refractivity contribution in [3.05, 3.63) is 18.1 Å². The van der Waals surface area contributed by atoms with Gasteiger partial charge in [0.25, 0.3) is 0 Å². The second-order valence-electron chi connectivity index (χ2n) is 6.46. The number of hydrogen-bond acceptors (Lipinski definition) is 6. The molecule has 2 aliphatic rings. The maximum Gasteiger partial charge on any atom is 0.225 e. The second kappa shape index (κ2) is 8.39. The van der Waals surface area contributed by atoms with Crippen LogP contribution in [0.5, 0.6) is 0 Å². The summed E-state index contributed by atoms with van der Waals surface area (Å²) in [5.41, 5.74) is 0.927. The van der Waals surface area contributed by atoms with Crippen molar-refractivity contribution in [3.63, 3.8) is 0 Å². The highest BCUT2D eigenvalue weighted by Gasteiger charge is 2.29. The summed E-state index contributed by atoms with van der Waals surface area (Å²) in [6, 6.07) is 0. The molecule has 0 saturated carbocycles. The van der Waals surface area contributed by atoms with E-state index in [9.17, 15) is 4.79 Å². The van der Waals surface area contributed by atoms with E-state index >= 15 is 0 Å². The topological polar surface area (TPSA) is 76.6 Å². The molecule has 1 aromatic heterocycles. The van der Waals surface area contributed by atoms with Crippen molar-refractivity contribution in [1.82, 2.24) is 14.9 Å². The maximum absolute atomic E-state index is 12.8. The van der Waals surface area contributed by atoms with Crippen molar-refractivity contribution in [2.75, 3.05) is 51.9 Å². The van der Waals surface area contributed by atoms with Gasteiger partial charge in [-0.15, -0.1) is 0 Å². The van der Waals surface area contributed by atoms with Gasteiger partial charge in [0.05, 0.1) is 25.1 Å². The monoisotopic (exact) mass is 334 g/mol. The van der Waals surface area contributed by atoms with Crippen LogP contribution < -0.4 is 5.32 Å². The minimum Gasteiger partial charge on any atom is -0.381 e. The molecule has 2 saturated heterocycles. The Hall–Kier alpha value is -1.73. The lowest BCUT2D eigenvalue weighted by Gasteiger charge is -2.29. The smallest absolute Gasteiger partial charge is 0.225 e. The van der Waals surface area contributed by atoms with Crippen LogP contribution in [0.25, 0.3) is 0 Å². The van der Waals surface area contributed by atoms with Gasteiger partial charge in [0.2, 0.25) is 5.91 Å². The number of nitrogens with one attached hydrogen (secondary N) is 1. The van der Waals surface area contributed by atoms with Gasteiger partial charge in [-0.25, -0.2) is 4.98 Å². The molecule has 3 rings (SSSR count). The van der Waals surface area contributed by atoms with Crippen LogP contribution in [0.1, 0.15) is 18.5 Å². The fourth-order valence-corrected chi connectivity index (χ4v) is 3.33. The number of nitrogens with zero attached hydrogens (tertiary/aromatic N) is 3. The highest BCUT2D eigenvalue weighted by molar-refractivity contribution is 5.79. The van der Waals surface area contributed by atoms with E-state index in [1.165, 1.54) is 0 Å². The third-order valence-electron chi connectivity index (χ3n) is 4.66. The van der Waals surface area contributed by atoms with Crippen LogP contribution in [0.15, 0.2) is 12.4 Å². The Balaban J connectivity index is 1.62. The molecule has 1 N–H and O–H groups in total. The first kappa shape index (κ1) is 17.1. The van der Waals surface area contributed by atoms with Crippen molar-refractivity contribution < 1.29 is 14.3 Å². The Bertz CT molecular complexity index is 548. The summed E-state index contributed by atoms with van der Waals surface area (Å²) in [7, 11) is 1.83. The first-order chi connectivity index (χ1) is 11.8. The van der Waals surface area contributed by atoms with Gasteiger partial charge < -0.3 is 19.7 Å². The predicted molar refractivity (Wildman–Crippen MR) is 89.7 cm³/mol. The Kier molecular flexibility index (Phi) is 5.98. The van der Waals surface area contributed by atoms with E-state index in [4.69, 9.17) is 9.47 Å². The second-order valence-corrected chi connectivity index (χ2v) is 6.46. The zero-order valence-corrected chi connectivity index (χ0v) is 14.2. The molecule has 0 unspecified atom stereocenters. The third kappa shape index (κ3) is 4.42. The van der Waals surface area contributed by atoms with Crippen LogP contribution in [0, 0.1) is 11.8 Å². The molecule has 1 aromatic rings. The normalized spacial score (nSPS) is 22.9. The molecule has 2 fully saturated rings. The van der Waals surface area contributed by atoms with Crippen molar-refractivity contribution >= 4 is 11.7 Å². The van der Waals surface area contributed by atoms with E-state index in [0.29, 0.717) is 33.0 Å². The van der Waals surface area contributed by atoms with Crippen molar-refractivity contribution in [1.29, 1.82) is 0 Å². The highest BCUT2D eigenvalue weighted by atomic mass is 16.5. The fraction of sp³-hybridized carbons (Fsp3) is 0.706. The molecule has 132 valence electrons. The van der Waals surface area contributed by atoms with E-state index < -0.39 is 0 Å². The summed E-state index contributed by atoms with van der Waals surface area (Å²) in [6.07, 6.45) is 5.91. The number of anilines is 1. The number of rotatable bonds is 4. The summed E-state index contributed by atoms with van der Waals surface area (Å²) >= 11 is 0. The molecule has 0 aliphatic carbocycles. The molecule has 0 radical (unpaired) electrons. The van der Waals surface area contributed by atoms with Crippen LogP contribution in [0.4, 0.5) is 5.82 Å². The van der Waals surface area contributed by atoms with E-state index in [1.807, 2.05) is 11.9 Å². The van der Waals surface area contributed by atoms with Crippen LogP contribution in [0.2, 0.25) is 0 Å². The van der Waals surface area contributed by atoms with Gasteiger partial charge in [0.15, 0.2) is 0 Å². The Morgan fingerprint density at radius 2 is 2.12 bits per heavy atom. The van der Waals surface area contributed by atoms with Gasteiger partial charge in [-0.1, -0.05) is 0 Å². The van der Waals surface area contributed by atoms with Gasteiger partial charge in [-0.2, -0.15) is 0 Å².